The highest BCUT2D eigenvalue weighted by atomic mass is 16.6. The number of rotatable bonds is 10. The van der Waals surface area contributed by atoms with Crippen molar-refractivity contribution >= 4 is 0 Å². The lowest BCUT2D eigenvalue weighted by Crippen LogP contribution is -2.07. The minimum Gasteiger partial charge on any atom is -0.385 e. The molecule has 0 amide bonds. The summed E-state index contributed by atoms with van der Waals surface area (Å²) in [5, 5.41) is 9.09. The maximum Gasteiger partial charge on any atom is 0.154 e. The Morgan fingerprint density at radius 2 is 1.50 bits per heavy atom. The normalized spacial score (nSPS) is 13.1. The van der Waals surface area contributed by atoms with Gasteiger partial charge in [-0.3, -0.25) is 0 Å². The van der Waals surface area contributed by atoms with Crippen molar-refractivity contribution in [3.8, 4) is 0 Å². The Morgan fingerprint density at radius 1 is 0.929 bits per heavy atom. The molecule has 0 fully saturated rings. The zero-order valence-corrected chi connectivity index (χ0v) is 9.50. The average Bonchev–Trinajstić information content (AvgIpc) is 2.21. The van der Waals surface area contributed by atoms with Gasteiger partial charge in [0.15, 0.2) is 6.29 Å². The molecule has 0 saturated heterocycles. The van der Waals surface area contributed by atoms with Gasteiger partial charge in [0.25, 0.3) is 0 Å². The van der Waals surface area contributed by atoms with Crippen molar-refractivity contribution in [1.82, 2.24) is 0 Å². The number of hydrogen-bond acceptors (Lipinski definition) is 3. The van der Waals surface area contributed by atoms with E-state index < -0.39 is 6.29 Å². The monoisotopic (exact) mass is 204 g/mol. The van der Waals surface area contributed by atoms with Gasteiger partial charge in [-0.2, -0.15) is 0 Å². The minimum atomic E-state index is -0.566. The SMILES string of the molecule is COCCCCCCCCC(O)OC. The van der Waals surface area contributed by atoms with Crippen LogP contribution in [0.25, 0.3) is 0 Å². The van der Waals surface area contributed by atoms with Crippen LogP contribution < -0.4 is 0 Å². The van der Waals surface area contributed by atoms with Crippen LogP contribution in [0.15, 0.2) is 0 Å². The first-order valence-corrected chi connectivity index (χ1v) is 5.51. The largest absolute Gasteiger partial charge is 0.385 e. The van der Waals surface area contributed by atoms with Crippen LogP contribution in [-0.4, -0.2) is 32.2 Å². The smallest absolute Gasteiger partial charge is 0.154 e. The lowest BCUT2D eigenvalue weighted by molar-refractivity contribution is -0.0793. The molecule has 86 valence electrons. The van der Waals surface area contributed by atoms with Gasteiger partial charge in [-0.1, -0.05) is 25.7 Å². The second-order valence-corrected chi connectivity index (χ2v) is 3.59. The lowest BCUT2D eigenvalue weighted by Gasteiger charge is -2.07. The summed E-state index contributed by atoms with van der Waals surface area (Å²) < 4.78 is 9.71. The molecule has 0 spiro atoms. The summed E-state index contributed by atoms with van der Waals surface area (Å²) in [4.78, 5) is 0. The topological polar surface area (TPSA) is 38.7 Å². The molecule has 3 nitrogen and oxygen atoms in total. The summed E-state index contributed by atoms with van der Waals surface area (Å²) in [6, 6.07) is 0. The van der Waals surface area contributed by atoms with Crippen molar-refractivity contribution in [2.75, 3.05) is 20.8 Å². The van der Waals surface area contributed by atoms with E-state index in [-0.39, 0.29) is 0 Å². The number of aliphatic hydroxyl groups excluding tert-OH is 1. The van der Waals surface area contributed by atoms with Gasteiger partial charge in [0.1, 0.15) is 0 Å². The number of aliphatic hydroxyl groups is 1. The van der Waals surface area contributed by atoms with E-state index in [1.807, 2.05) is 0 Å². The predicted octanol–water partition coefficient (Wildman–Crippen LogP) is 2.33. The van der Waals surface area contributed by atoms with Crippen molar-refractivity contribution in [1.29, 1.82) is 0 Å². The molecule has 0 heterocycles. The Bertz CT molecular complexity index is 107. The van der Waals surface area contributed by atoms with Gasteiger partial charge < -0.3 is 14.6 Å². The molecule has 3 heteroatoms. The fourth-order valence-electron chi connectivity index (χ4n) is 1.39. The molecule has 0 aliphatic carbocycles. The summed E-state index contributed by atoms with van der Waals surface area (Å²) in [6.45, 7) is 0.877. The quantitative estimate of drug-likeness (QED) is 0.438. The third-order valence-corrected chi connectivity index (χ3v) is 2.32. The van der Waals surface area contributed by atoms with Crippen molar-refractivity contribution < 1.29 is 14.6 Å². The molecule has 0 bridgehead atoms. The van der Waals surface area contributed by atoms with E-state index in [1.165, 1.54) is 32.8 Å². The summed E-state index contributed by atoms with van der Waals surface area (Å²) in [6.07, 6.45) is 7.37. The fourth-order valence-corrected chi connectivity index (χ4v) is 1.39. The Morgan fingerprint density at radius 3 is 2.07 bits per heavy atom. The van der Waals surface area contributed by atoms with E-state index >= 15 is 0 Å². The van der Waals surface area contributed by atoms with Crippen LogP contribution in [-0.2, 0) is 9.47 Å². The van der Waals surface area contributed by atoms with Crippen LogP contribution in [0.2, 0.25) is 0 Å². The van der Waals surface area contributed by atoms with Gasteiger partial charge in [0.2, 0.25) is 0 Å². The highest BCUT2D eigenvalue weighted by Gasteiger charge is 1.99. The molecule has 0 aliphatic rings. The molecule has 0 saturated carbocycles. The zero-order valence-electron chi connectivity index (χ0n) is 9.50. The molecule has 0 radical (unpaired) electrons. The molecular formula is C11H24O3. The third-order valence-electron chi connectivity index (χ3n) is 2.32. The van der Waals surface area contributed by atoms with Crippen LogP contribution >= 0.6 is 0 Å². The van der Waals surface area contributed by atoms with Crippen molar-refractivity contribution in [2.45, 2.75) is 51.2 Å². The standard InChI is InChI=1S/C11H24O3/c1-13-10-8-6-4-3-5-7-9-11(12)14-2/h11-12H,3-10H2,1-2H3. The minimum absolute atomic E-state index is 0.566. The fraction of sp³-hybridized carbons (Fsp3) is 1.00. The maximum atomic E-state index is 9.09. The van der Waals surface area contributed by atoms with Gasteiger partial charge in [0.05, 0.1) is 0 Å². The number of ether oxygens (including phenoxy) is 2. The first-order valence-electron chi connectivity index (χ1n) is 5.51. The van der Waals surface area contributed by atoms with E-state index in [9.17, 15) is 0 Å². The average molecular weight is 204 g/mol. The summed E-state index contributed by atoms with van der Waals surface area (Å²) in [5.41, 5.74) is 0. The Kier molecular flexibility index (Phi) is 10.9. The van der Waals surface area contributed by atoms with E-state index in [0.29, 0.717) is 0 Å². The molecule has 1 unspecified atom stereocenters. The van der Waals surface area contributed by atoms with Crippen molar-refractivity contribution in [3.05, 3.63) is 0 Å². The molecule has 0 aromatic rings. The highest BCUT2D eigenvalue weighted by Crippen LogP contribution is 2.08. The molecule has 1 N–H and O–H groups in total. The Hall–Kier alpha value is -0.120. The zero-order chi connectivity index (χ0) is 10.6. The Labute approximate surface area is 87.4 Å². The number of unbranched alkanes of at least 4 members (excludes halogenated alkanes) is 5. The third kappa shape index (κ3) is 9.96. The molecular weight excluding hydrogens is 180 g/mol. The van der Waals surface area contributed by atoms with E-state index in [4.69, 9.17) is 14.6 Å². The second-order valence-electron chi connectivity index (χ2n) is 3.59. The molecule has 14 heavy (non-hydrogen) atoms. The summed E-state index contributed by atoms with van der Waals surface area (Å²) in [7, 11) is 3.28. The van der Waals surface area contributed by atoms with Gasteiger partial charge in [-0.15, -0.1) is 0 Å². The van der Waals surface area contributed by atoms with E-state index in [2.05, 4.69) is 0 Å². The van der Waals surface area contributed by atoms with Crippen LogP contribution in [0.3, 0.4) is 0 Å². The van der Waals surface area contributed by atoms with Crippen LogP contribution in [0.4, 0.5) is 0 Å². The van der Waals surface area contributed by atoms with Gasteiger partial charge >= 0.3 is 0 Å². The predicted molar refractivity (Wildman–Crippen MR) is 57.2 cm³/mol. The van der Waals surface area contributed by atoms with Gasteiger partial charge in [-0.05, 0) is 19.3 Å². The molecule has 0 aromatic heterocycles. The van der Waals surface area contributed by atoms with E-state index in [1.54, 1.807) is 7.11 Å². The van der Waals surface area contributed by atoms with Crippen molar-refractivity contribution in [3.63, 3.8) is 0 Å². The maximum absolute atomic E-state index is 9.09. The second kappa shape index (κ2) is 11.0. The van der Waals surface area contributed by atoms with Gasteiger partial charge in [-0.25, -0.2) is 0 Å². The molecule has 0 rings (SSSR count). The first-order chi connectivity index (χ1) is 6.81. The van der Waals surface area contributed by atoms with Crippen LogP contribution in [0.5, 0.6) is 0 Å². The molecule has 0 aliphatic heterocycles. The molecule has 0 aromatic carbocycles. The van der Waals surface area contributed by atoms with Crippen molar-refractivity contribution in [2.24, 2.45) is 0 Å². The highest BCUT2D eigenvalue weighted by molar-refractivity contribution is 4.47. The summed E-state index contributed by atoms with van der Waals surface area (Å²) in [5.74, 6) is 0. The Balaban J connectivity index is 2.92. The first kappa shape index (κ1) is 13.9. The number of methoxy groups -OCH3 is 2. The number of hydrogen-bond donors (Lipinski definition) is 1. The van der Waals surface area contributed by atoms with Gasteiger partial charge in [0, 0.05) is 20.8 Å². The van der Waals surface area contributed by atoms with E-state index in [0.717, 1.165) is 25.9 Å². The summed E-state index contributed by atoms with van der Waals surface area (Å²) >= 11 is 0. The lowest BCUT2D eigenvalue weighted by atomic mass is 10.1. The van der Waals surface area contributed by atoms with Crippen LogP contribution in [0.1, 0.15) is 44.9 Å². The van der Waals surface area contributed by atoms with Crippen LogP contribution in [0, 0.1) is 0 Å². The molecule has 1 atom stereocenters.